The second-order valence-electron chi connectivity index (χ2n) is 4.78. The molecule has 0 amide bonds. The first kappa shape index (κ1) is 13.4. The summed E-state index contributed by atoms with van der Waals surface area (Å²) in [6.45, 7) is 0.746. The van der Waals surface area contributed by atoms with Crippen LogP contribution >= 0.6 is 0 Å². The summed E-state index contributed by atoms with van der Waals surface area (Å²) >= 11 is 0. The van der Waals surface area contributed by atoms with E-state index < -0.39 is 0 Å². The average Bonchev–Trinajstić information content (AvgIpc) is 2.92. The molecule has 0 aliphatic carbocycles. The molecule has 0 atom stereocenters. The molecule has 0 spiro atoms. The van der Waals surface area contributed by atoms with Crippen molar-refractivity contribution >= 4 is 16.6 Å². The molecule has 0 bridgehead atoms. The summed E-state index contributed by atoms with van der Waals surface area (Å²) in [5.41, 5.74) is 0. The molecule has 2 heterocycles. The number of aromatic nitrogens is 4. The number of hydrogen-bond donors (Lipinski definition) is 1. The quantitative estimate of drug-likeness (QED) is 0.776. The molecule has 6 heteroatoms. The van der Waals surface area contributed by atoms with Crippen LogP contribution in [0.2, 0.25) is 0 Å². The molecule has 0 aliphatic heterocycles. The van der Waals surface area contributed by atoms with E-state index in [-0.39, 0.29) is 0 Å². The monoisotopic (exact) mass is 283 g/mol. The summed E-state index contributed by atoms with van der Waals surface area (Å²) in [5, 5.41) is 13.5. The van der Waals surface area contributed by atoms with Crippen LogP contribution in [-0.4, -0.2) is 33.4 Å². The number of nitrogens with one attached hydrogen (secondary N) is 1. The first-order valence-corrected chi connectivity index (χ1v) is 6.77. The van der Waals surface area contributed by atoms with Crippen LogP contribution in [0.25, 0.3) is 10.8 Å². The van der Waals surface area contributed by atoms with Crippen LogP contribution in [0.5, 0.6) is 5.75 Å². The first-order chi connectivity index (χ1) is 10.3. The third-order valence-electron chi connectivity index (χ3n) is 3.42. The van der Waals surface area contributed by atoms with Gasteiger partial charge in [-0.3, -0.25) is 0 Å². The first-order valence-electron chi connectivity index (χ1n) is 6.77. The normalized spacial score (nSPS) is 10.8. The third kappa shape index (κ3) is 2.79. The number of pyridine rings is 1. The molecule has 3 aromatic rings. The van der Waals surface area contributed by atoms with Crippen LogP contribution in [0.3, 0.4) is 0 Å². The molecular formula is C15H17N5O. The highest BCUT2D eigenvalue weighted by molar-refractivity contribution is 5.92. The van der Waals surface area contributed by atoms with Gasteiger partial charge < -0.3 is 14.6 Å². The Kier molecular flexibility index (Phi) is 3.68. The number of benzene rings is 1. The van der Waals surface area contributed by atoms with Crippen LogP contribution in [-0.2, 0) is 13.5 Å². The smallest absolute Gasteiger partial charge is 0.134 e. The summed E-state index contributed by atoms with van der Waals surface area (Å²) in [7, 11) is 3.61. The lowest BCUT2D eigenvalue weighted by atomic mass is 10.1. The van der Waals surface area contributed by atoms with E-state index in [0.29, 0.717) is 0 Å². The van der Waals surface area contributed by atoms with E-state index in [1.807, 2.05) is 35.9 Å². The van der Waals surface area contributed by atoms with Crippen LogP contribution in [0.1, 0.15) is 5.82 Å². The topological polar surface area (TPSA) is 64.9 Å². The van der Waals surface area contributed by atoms with Crippen molar-refractivity contribution in [3.05, 3.63) is 42.6 Å². The van der Waals surface area contributed by atoms with E-state index in [4.69, 9.17) is 4.74 Å². The van der Waals surface area contributed by atoms with Gasteiger partial charge in [0.05, 0.1) is 7.11 Å². The summed E-state index contributed by atoms with van der Waals surface area (Å²) in [6.07, 6.45) is 4.30. The molecule has 21 heavy (non-hydrogen) atoms. The molecule has 1 N–H and O–H groups in total. The van der Waals surface area contributed by atoms with Crippen molar-refractivity contribution < 1.29 is 4.74 Å². The minimum Gasteiger partial charge on any atom is -0.497 e. The van der Waals surface area contributed by atoms with E-state index in [1.165, 1.54) is 0 Å². The van der Waals surface area contributed by atoms with Gasteiger partial charge in [-0.25, -0.2) is 4.98 Å². The number of hydrogen-bond acceptors (Lipinski definition) is 5. The Labute approximate surface area is 122 Å². The Balaban J connectivity index is 1.78. The highest BCUT2D eigenvalue weighted by Gasteiger charge is 2.05. The van der Waals surface area contributed by atoms with Gasteiger partial charge in [0.15, 0.2) is 0 Å². The van der Waals surface area contributed by atoms with Crippen LogP contribution < -0.4 is 10.1 Å². The molecule has 0 radical (unpaired) electrons. The highest BCUT2D eigenvalue weighted by Crippen LogP contribution is 2.25. The second kappa shape index (κ2) is 5.78. The fourth-order valence-corrected chi connectivity index (χ4v) is 2.24. The molecule has 0 unspecified atom stereocenters. The minimum absolute atomic E-state index is 0.746. The Hall–Kier alpha value is -2.63. The minimum atomic E-state index is 0.746. The number of nitrogens with zero attached hydrogens (tertiary/aromatic N) is 4. The van der Waals surface area contributed by atoms with Gasteiger partial charge in [-0.15, -0.1) is 10.2 Å². The van der Waals surface area contributed by atoms with Crippen molar-refractivity contribution in [2.45, 2.75) is 6.42 Å². The maximum Gasteiger partial charge on any atom is 0.134 e. The van der Waals surface area contributed by atoms with Gasteiger partial charge >= 0.3 is 0 Å². The zero-order valence-electron chi connectivity index (χ0n) is 12.1. The number of anilines is 1. The van der Waals surface area contributed by atoms with E-state index in [9.17, 15) is 0 Å². The lowest BCUT2D eigenvalue weighted by molar-refractivity contribution is 0.415. The number of aryl methyl sites for hydroxylation is 1. The fourth-order valence-electron chi connectivity index (χ4n) is 2.24. The molecule has 1 aromatic carbocycles. The molecular weight excluding hydrogens is 266 g/mol. The second-order valence-corrected chi connectivity index (χ2v) is 4.78. The van der Waals surface area contributed by atoms with Crippen LogP contribution in [0.4, 0.5) is 5.82 Å². The Morgan fingerprint density at radius 3 is 2.95 bits per heavy atom. The summed E-state index contributed by atoms with van der Waals surface area (Å²) in [4.78, 5) is 4.41. The van der Waals surface area contributed by atoms with Gasteiger partial charge in [0.1, 0.15) is 23.7 Å². The third-order valence-corrected chi connectivity index (χ3v) is 3.42. The van der Waals surface area contributed by atoms with Crippen LogP contribution in [0.15, 0.2) is 36.8 Å². The Morgan fingerprint density at radius 2 is 2.19 bits per heavy atom. The van der Waals surface area contributed by atoms with Gasteiger partial charge in [-0.1, -0.05) is 6.07 Å². The highest BCUT2D eigenvalue weighted by atomic mass is 16.5. The maximum atomic E-state index is 5.28. The van der Waals surface area contributed by atoms with Gasteiger partial charge in [-0.2, -0.15) is 0 Å². The predicted molar refractivity (Wildman–Crippen MR) is 81.5 cm³/mol. The van der Waals surface area contributed by atoms with Crippen molar-refractivity contribution in [1.29, 1.82) is 0 Å². The van der Waals surface area contributed by atoms with E-state index in [0.717, 1.165) is 41.1 Å². The fraction of sp³-hybridized carbons (Fsp3) is 0.267. The summed E-state index contributed by atoms with van der Waals surface area (Å²) in [5.74, 6) is 2.63. The van der Waals surface area contributed by atoms with Gasteiger partial charge in [0.25, 0.3) is 0 Å². The number of ether oxygens (including phenoxy) is 1. The van der Waals surface area contributed by atoms with Crippen molar-refractivity contribution in [3.8, 4) is 5.75 Å². The van der Waals surface area contributed by atoms with Crippen molar-refractivity contribution in [2.75, 3.05) is 19.0 Å². The van der Waals surface area contributed by atoms with Crippen molar-refractivity contribution in [3.63, 3.8) is 0 Å². The average molecular weight is 283 g/mol. The molecule has 2 aromatic heterocycles. The standard InChI is InChI=1S/C15H17N5O/c1-20-10-18-19-14(20)6-8-17-15-13-9-12(21-2)4-3-11(13)5-7-16-15/h3-5,7,9-10H,6,8H2,1-2H3,(H,16,17). The molecule has 6 nitrogen and oxygen atoms in total. The predicted octanol–water partition coefficient (Wildman–Crippen LogP) is 2.03. The van der Waals surface area contributed by atoms with Gasteiger partial charge in [0, 0.05) is 31.6 Å². The molecule has 0 fully saturated rings. The number of methoxy groups -OCH3 is 1. The van der Waals surface area contributed by atoms with Gasteiger partial charge in [-0.05, 0) is 23.6 Å². The Bertz CT molecular complexity index is 753. The van der Waals surface area contributed by atoms with Gasteiger partial charge in [0.2, 0.25) is 0 Å². The number of rotatable bonds is 5. The molecule has 0 saturated carbocycles. The van der Waals surface area contributed by atoms with E-state index in [1.54, 1.807) is 19.6 Å². The lowest BCUT2D eigenvalue weighted by Gasteiger charge is -2.09. The molecule has 3 rings (SSSR count). The zero-order chi connectivity index (χ0) is 14.7. The largest absolute Gasteiger partial charge is 0.497 e. The summed E-state index contributed by atoms with van der Waals surface area (Å²) < 4.78 is 7.20. The Morgan fingerprint density at radius 1 is 1.29 bits per heavy atom. The van der Waals surface area contributed by atoms with E-state index >= 15 is 0 Å². The molecule has 108 valence electrons. The van der Waals surface area contributed by atoms with Crippen molar-refractivity contribution in [1.82, 2.24) is 19.7 Å². The zero-order valence-corrected chi connectivity index (χ0v) is 12.1. The molecule has 0 aliphatic rings. The van der Waals surface area contributed by atoms with Crippen LogP contribution in [0, 0.1) is 0 Å². The lowest BCUT2D eigenvalue weighted by Crippen LogP contribution is -2.09. The SMILES string of the molecule is COc1ccc2ccnc(NCCc3nncn3C)c2c1. The molecule has 0 saturated heterocycles. The summed E-state index contributed by atoms with van der Waals surface area (Å²) in [6, 6.07) is 7.96. The maximum absolute atomic E-state index is 5.28. The number of fused-ring (bicyclic) bond motifs is 1. The van der Waals surface area contributed by atoms with Crippen molar-refractivity contribution in [2.24, 2.45) is 7.05 Å². The van der Waals surface area contributed by atoms with E-state index in [2.05, 4.69) is 20.5 Å².